The molecule has 0 fully saturated rings. The van der Waals surface area contributed by atoms with Crippen LogP contribution in [-0.4, -0.2) is 25.6 Å². The summed E-state index contributed by atoms with van der Waals surface area (Å²) in [6.07, 6.45) is 2.12. The number of thioether (sulfide) groups is 1. The molecule has 0 atom stereocenters. The van der Waals surface area contributed by atoms with E-state index in [-0.39, 0.29) is 0 Å². The van der Waals surface area contributed by atoms with Crippen LogP contribution in [0.15, 0.2) is 24.3 Å². The summed E-state index contributed by atoms with van der Waals surface area (Å²) in [6, 6.07) is 7.98. The number of benzene rings is 1. The Morgan fingerprint density at radius 3 is 2.85 bits per heavy atom. The fraction of sp³-hybridized carbons (Fsp3) is 0.400. The lowest BCUT2D eigenvalue weighted by Crippen LogP contribution is -2.20. The van der Waals surface area contributed by atoms with Gasteiger partial charge in [0.05, 0.1) is 0 Å². The molecule has 72 valence electrons. The van der Waals surface area contributed by atoms with E-state index in [9.17, 15) is 0 Å². The number of nitrogen functional groups attached to an aromatic ring is 1. The predicted molar refractivity (Wildman–Crippen MR) is 62.5 cm³/mol. The fourth-order valence-corrected chi connectivity index (χ4v) is 1.58. The molecule has 1 aromatic carbocycles. The number of nitrogens with zero attached hydrogens (tertiary/aromatic N) is 1. The molecule has 1 aromatic rings. The first-order valence-electron chi connectivity index (χ1n) is 4.29. The molecule has 0 radical (unpaired) electrons. The molecule has 0 spiro atoms. The Balaban J connectivity index is 2.60. The zero-order valence-corrected chi connectivity index (χ0v) is 8.97. The Labute approximate surface area is 84.1 Å². The molecule has 0 heterocycles. The highest BCUT2D eigenvalue weighted by atomic mass is 32.2. The molecule has 13 heavy (non-hydrogen) atoms. The van der Waals surface area contributed by atoms with Gasteiger partial charge in [0, 0.05) is 30.7 Å². The summed E-state index contributed by atoms with van der Waals surface area (Å²) in [5, 5.41) is 0. The maximum atomic E-state index is 5.69. The van der Waals surface area contributed by atoms with Crippen LogP contribution in [0.25, 0.3) is 0 Å². The molecule has 0 bridgehead atoms. The summed E-state index contributed by atoms with van der Waals surface area (Å²) >= 11 is 1.86. The van der Waals surface area contributed by atoms with Crippen LogP contribution in [0.4, 0.5) is 11.4 Å². The number of hydrogen-bond acceptors (Lipinski definition) is 3. The lowest BCUT2D eigenvalue weighted by atomic mass is 10.2. The van der Waals surface area contributed by atoms with Crippen LogP contribution in [0.5, 0.6) is 0 Å². The Morgan fingerprint density at radius 2 is 2.23 bits per heavy atom. The summed E-state index contributed by atoms with van der Waals surface area (Å²) in [5.41, 5.74) is 7.71. The first kappa shape index (κ1) is 10.3. The van der Waals surface area contributed by atoms with Crippen LogP contribution in [0.3, 0.4) is 0 Å². The average molecular weight is 196 g/mol. The Kier molecular flexibility index (Phi) is 3.96. The van der Waals surface area contributed by atoms with Gasteiger partial charge < -0.3 is 10.6 Å². The normalized spacial score (nSPS) is 10.0. The smallest absolute Gasteiger partial charge is 0.0384 e. The van der Waals surface area contributed by atoms with Gasteiger partial charge in [0.2, 0.25) is 0 Å². The van der Waals surface area contributed by atoms with Gasteiger partial charge in [-0.25, -0.2) is 0 Å². The third-order valence-electron chi connectivity index (χ3n) is 1.94. The number of nitrogens with two attached hydrogens (primary N) is 1. The summed E-state index contributed by atoms with van der Waals surface area (Å²) in [5.74, 6) is 1.14. The summed E-state index contributed by atoms with van der Waals surface area (Å²) in [7, 11) is 2.09. The monoisotopic (exact) mass is 196 g/mol. The van der Waals surface area contributed by atoms with E-state index < -0.39 is 0 Å². The van der Waals surface area contributed by atoms with Gasteiger partial charge in [0.25, 0.3) is 0 Å². The van der Waals surface area contributed by atoms with Gasteiger partial charge in [-0.3, -0.25) is 0 Å². The van der Waals surface area contributed by atoms with E-state index in [4.69, 9.17) is 5.73 Å². The molecule has 0 saturated carbocycles. The van der Waals surface area contributed by atoms with Crippen molar-refractivity contribution >= 4 is 23.1 Å². The molecule has 0 aliphatic heterocycles. The lowest BCUT2D eigenvalue weighted by Gasteiger charge is -2.18. The number of hydrogen-bond donors (Lipinski definition) is 1. The maximum Gasteiger partial charge on any atom is 0.0384 e. The minimum atomic E-state index is 0.827. The standard InChI is InChI=1S/C10H16N2S/c1-12(6-7-13-2)10-5-3-4-9(11)8-10/h3-5,8H,6-7,11H2,1-2H3. The van der Waals surface area contributed by atoms with Crippen molar-refractivity contribution in [2.75, 3.05) is 36.2 Å². The van der Waals surface area contributed by atoms with Crippen molar-refractivity contribution in [1.29, 1.82) is 0 Å². The molecule has 0 amide bonds. The van der Waals surface area contributed by atoms with Crippen LogP contribution in [-0.2, 0) is 0 Å². The van der Waals surface area contributed by atoms with Gasteiger partial charge >= 0.3 is 0 Å². The summed E-state index contributed by atoms with van der Waals surface area (Å²) < 4.78 is 0. The molecular formula is C10H16N2S. The molecule has 2 nitrogen and oxygen atoms in total. The first-order chi connectivity index (χ1) is 6.24. The van der Waals surface area contributed by atoms with Gasteiger partial charge in [-0.15, -0.1) is 0 Å². The zero-order valence-electron chi connectivity index (χ0n) is 8.16. The molecule has 0 aliphatic rings. The van der Waals surface area contributed by atoms with Gasteiger partial charge in [-0.05, 0) is 24.5 Å². The third kappa shape index (κ3) is 3.19. The Morgan fingerprint density at radius 1 is 1.46 bits per heavy atom. The summed E-state index contributed by atoms with van der Waals surface area (Å²) in [4.78, 5) is 2.22. The molecule has 2 N–H and O–H groups in total. The second-order valence-electron chi connectivity index (χ2n) is 3.01. The van der Waals surface area contributed by atoms with E-state index >= 15 is 0 Å². The topological polar surface area (TPSA) is 29.3 Å². The van der Waals surface area contributed by atoms with Crippen molar-refractivity contribution in [3.63, 3.8) is 0 Å². The van der Waals surface area contributed by atoms with E-state index in [2.05, 4.69) is 24.3 Å². The molecule has 0 unspecified atom stereocenters. The van der Waals surface area contributed by atoms with Crippen LogP contribution in [0, 0.1) is 0 Å². The summed E-state index contributed by atoms with van der Waals surface area (Å²) in [6.45, 7) is 1.06. The van der Waals surface area contributed by atoms with Crippen LogP contribution in [0.1, 0.15) is 0 Å². The van der Waals surface area contributed by atoms with Crippen LogP contribution in [0.2, 0.25) is 0 Å². The van der Waals surface area contributed by atoms with Gasteiger partial charge in [-0.2, -0.15) is 11.8 Å². The van der Waals surface area contributed by atoms with Crippen LogP contribution >= 0.6 is 11.8 Å². The highest BCUT2D eigenvalue weighted by Gasteiger charge is 1.99. The third-order valence-corrected chi connectivity index (χ3v) is 2.53. The molecule has 1 rings (SSSR count). The van der Waals surface area contributed by atoms with E-state index in [0.717, 1.165) is 18.0 Å². The predicted octanol–water partition coefficient (Wildman–Crippen LogP) is 2.07. The van der Waals surface area contributed by atoms with Crippen molar-refractivity contribution in [2.24, 2.45) is 0 Å². The maximum absolute atomic E-state index is 5.69. The number of rotatable bonds is 4. The quantitative estimate of drug-likeness (QED) is 0.747. The molecule has 0 aromatic heterocycles. The van der Waals surface area contributed by atoms with Gasteiger partial charge in [0.15, 0.2) is 0 Å². The van der Waals surface area contributed by atoms with Crippen molar-refractivity contribution in [1.82, 2.24) is 0 Å². The van der Waals surface area contributed by atoms with Gasteiger partial charge in [0.1, 0.15) is 0 Å². The van der Waals surface area contributed by atoms with Crippen molar-refractivity contribution < 1.29 is 0 Å². The van der Waals surface area contributed by atoms with E-state index in [1.807, 2.05) is 30.0 Å². The second-order valence-corrected chi connectivity index (χ2v) is 3.99. The Hall–Kier alpha value is -0.830. The van der Waals surface area contributed by atoms with E-state index in [1.54, 1.807) is 0 Å². The minimum absolute atomic E-state index is 0.827. The minimum Gasteiger partial charge on any atom is -0.399 e. The second kappa shape index (κ2) is 5.02. The van der Waals surface area contributed by atoms with Gasteiger partial charge in [-0.1, -0.05) is 6.07 Å². The molecule has 3 heteroatoms. The van der Waals surface area contributed by atoms with Crippen LogP contribution < -0.4 is 10.6 Å². The molecular weight excluding hydrogens is 180 g/mol. The fourth-order valence-electron chi connectivity index (χ4n) is 1.12. The first-order valence-corrected chi connectivity index (χ1v) is 5.69. The Bertz CT molecular complexity index is 263. The molecule has 0 saturated heterocycles. The largest absolute Gasteiger partial charge is 0.399 e. The van der Waals surface area contributed by atoms with Crippen molar-refractivity contribution in [2.45, 2.75) is 0 Å². The SMILES string of the molecule is CSCCN(C)c1cccc(N)c1. The highest BCUT2D eigenvalue weighted by molar-refractivity contribution is 7.98. The van der Waals surface area contributed by atoms with Crippen molar-refractivity contribution in [3.8, 4) is 0 Å². The highest BCUT2D eigenvalue weighted by Crippen LogP contribution is 2.15. The number of anilines is 2. The van der Waals surface area contributed by atoms with E-state index in [1.165, 1.54) is 5.69 Å². The lowest BCUT2D eigenvalue weighted by molar-refractivity contribution is 0.979. The van der Waals surface area contributed by atoms with E-state index in [0.29, 0.717) is 0 Å². The average Bonchev–Trinajstić information content (AvgIpc) is 2.14. The zero-order chi connectivity index (χ0) is 9.68. The van der Waals surface area contributed by atoms with Crippen molar-refractivity contribution in [3.05, 3.63) is 24.3 Å². The molecule has 0 aliphatic carbocycles.